The Labute approximate surface area is 117 Å². The van der Waals surface area contributed by atoms with Crippen LogP contribution in [-0.2, 0) is 11.3 Å². The van der Waals surface area contributed by atoms with E-state index in [1.54, 1.807) is 6.92 Å². The van der Waals surface area contributed by atoms with E-state index in [-0.39, 0.29) is 12.1 Å². The summed E-state index contributed by atoms with van der Waals surface area (Å²) in [5, 5.41) is 12.1. The van der Waals surface area contributed by atoms with Crippen LogP contribution in [0.25, 0.3) is 0 Å². The van der Waals surface area contributed by atoms with Gasteiger partial charge in [0.15, 0.2) is 0 Å². The highest BCUT2D eigenvalue weighted by molar-refractivity contribution is 5.92. The van der Waals surface area contributed by atoms with E-state index < -0.39 is 23.2 Å². The molecule has 0 aliphatic carbocycles. The molecule has 0 saturated heterocycles. The van der Waals surface area contributed by atoms with Gasteiger partial charge in [0.1, 0.15) is 11.4 Å². The summed E-state index contributed by atoms with van der Waals surface area (Å²) in [4.78, 5) is 22.2. The van der Waals surface area contributed by atoms with Crippen LogP contribution in [0.1, 0.15) is 42.6 Å². The fourth-order valence-corrected chi connectivity index (χ4v) is 1.91. The Hall–Kier alpha value is -1.95. The third-order valence-corrected chi connectivity index (χ3v) is 3.23. The molecule has 110 valence electrons. The molecule has 1 aromatic rings. The minimum atomic E-state index is -1.11. The quantitative estimate of drug-likeness (QED) is 0.709. The molecule has 0 bridgehead atoms. The summed E-state index contributed by atoms with van der Waals surface area (Å²) in [5.74, 6) is -2.27. The number of hydrogen-bond donors (Lipinski definition) is 3. The first-order valence-electron chi connectivity index (χ1n) is 6.37. The molecule has 0 aromatic heterocycles. The highest BCUT2D eigenvalue weighted by atomic mass is 19.1. The van der Waals surface area contributed by atoms with Crippen molar-refractivity contribution in [2.45, 2.75) is 38.8 Å². The summed E-state index contributed by atoms with van der Waals surface area (Å²) in [5.41, 5.74) is 4.32. The second-order valence-corrected chi connectivity index (χ2v) is 4.91. The van der Waals surface area contributed by atoms with Gasteiger partial charge >= 0.3 is 5.97 Å². The molecule has 0 radical (unpaired) electrons. The van der Waals surface area contributed by atoms with Crippen molar-refractivity contribution in [3.8, 4) is 0 Å². The summed E-state index contributed by atoms with van der Waals surface area (Å²) in [6.45, 7) is 3.51. The van der Waals surface area contributed by atoms with Crippen LogP contribution in [0.5, 0.6) is 0 Å². The molecule has 5 nitrogen and oxygen atoms in total. The van der Waals surface area contributed by atoms with Crippen LogP contribution in [0.15, 0.2) is 18.2 Å². The monoisotopic (exact) mass is 282 g/mol. The number of carboxylic acid groups (broad SMARTS) is 1. The molecule has 0 spiro atoms. The standard InChI is InChI=1S/C14H19FN2O3/c1-3-6-14(2,13(19)20)17-8-10-5-4-9(12(16)18)7-11(10)15/h4-5,7,17H,3,6,8H2,1-2H3,(H2,16,18)(H,19,20). The SMILES string of the molecule is CCCC(C)(NCc1ccc(C(N)=O)cc1F)C(=O)O. The highest BCUT2D eigenvalue weighted by Crippen LogP contribution is 2.16. The lowest BCUT2D eigenvalue weighted by molar-refractivity contribution is -0.144. The van der Waals surface area contributed by atoms with Crippen molar-refractivity contribution in [2.24, 2.45) is 5.73 Å². The Morgan fingerprint density at radius 3 is 2.55 bits per heavy atom. The number of halogens is 1. The van der Waals surface area contributed by atoms with Crippen molar-refractivity contribution < 1.29 is 19.1 Å². The molecular formula is C14H19FN2O3. The maximum atomic E-state index is 13.8. The van der Waals surface area contributed by atoms with Gasteiger partial charge in [0, 0.05) is 17.7 Å². The topological polar surface area (TPSA) is 92.4 Å². The van der Waals surface area contributed by atoms with Gasteiger partial charge in [-0.15, -0.1) is 0 Å². The normalized spacial score (nSPS) is 13.8. The number of rotatable bonds is 7. The number of hydrogen-bond acceptors (Lipinski definition) is 3. The van der Waals surface area contributed by atoms with Crippen molar-refractivity contribution >= 4 is 11.9 Å². The van der Waals surface area contributed by atoms with Crippen molar-refractivity contribution in [3.05, 3.63) is 35.1 Å². The molecule has 1 amide bonds. The highest BCUT2D eigenvalue weighted by Gasteiger charge is 2.31. The van der Waals surface area contributed by atoms with E-state index in [1.165, 1.54) is 12.1 Å². The molecule has 1 aromatic carbocycles. The Bertz CT molecular complexity index is 519. The molecule has 1 atom stereocenters. The number of nitrogens with two attached hydrogens (primary N) is 1. The predicted molar refractivity (Wildman–Crippen MR) is 72.7 cm³/mol. The van der Waals surface area contributed by atoms with Crippen LogP contribution in [0, 0.1) is 5.82 Å². The maximum absolute atomic E-state index is 13.8. The lowest BCUT2D eigenvalue weighted by Crippen LogP contribution is -2.49. The second-order valence-electron chi connectivity index (χ2n) is 4.91. The summed E-state index contributed by atoms with van der Waals surface area (Å²) in [7, 11) is 0. The molecule has 0 fully saturated rings. The van der Waals surface area contributed by atoms with Crippen LogP contribution in [0.3, 0.4) is 0 Å². The zero-order valence-corrected chi connectivity index (χ0v) is 11.6. The molecule has 1 unspecified atom stereocenters. The van der Waals surface area contributed by atoms with E-state index in [0.717, 1.165) is 6.07 Å². The van der Waals surface area contributed by atoms with E-state index in [1.807, 2.05) is 6.92 Å². The Balaban J connectivity index is 2.84. The molecule has 4 N–H and O–H groups in total. The number of carboxylic acids is 1. The Morgan fingerprint density at radius 2 is 2.10 bits per heavy atom. The minimum absolute atomic E-state index is 0.0632. The van der Waals surface area contributed by atoms with Crippen molar-refractivity contribution in [2.75, 3.05) is 0 Å². The van der Waals surface area contributed by atoms with Crippen LogP contribution in [-0.4, -0.2) is 22.5 Å². The van der Waals surface area contributed by atoms with Crippen LogP contribution < -0.4 is 11.1 Å². The average Bonchev–Trinajstić information content (AvgIpc) is 2.37. The third-order valence-electron chi connectivity index (χ3n) is 3.23. The largest absolute Gasteiger partial charge is 0.480 e. The molecule has 0 aliphatic heterocycles. The average molecular weight is 282 g/mol. The van der Waals surface area contributed by atoms with E-state index in [4.69, 9.17) is 5.73 Å². The van der Waals surface area contributed by atoms with E-state index in [0.29, 0.717) is 18.4 Å². The number of carbonyl (C=O) groups excluding carboxylic acids is 1. The lowest BCUT2D eigenvalue weighted by Gasteiger charge is -2.26. The van der Waals surface area contributed by atoms with Gasteiger partial charge in [-0.25, -0.2) is 4.39 Å². The van der Waals surface area contributed by atoms with Gasteiger partial charge in [-0.05, 0) is 25.5 Å². The third kappa shape index (κ3) is 3.77. The number of carbonyl (C=O) groups is 2. The molecule has 6 heteroatoms. The van der Waals surface area contributed by atoms with E-state index in [2.05, 4.69) is 5.32 Å². The molecule has 20 heavy (non-hydrogen) atoms. The maximum Gasteiger partial charge on any atom is 0.323 e. The van der Waals surface area contributed by atoms with Crippen molar-refractivity contribution in [1.29, 1.82) is 0 Å². The predicted octanol–water partition coefficient (Wildman–Crippen LogP) is 1.66. The van der Waals surface area contributed by atoms with Crippen molar-refractivity contribution in [3.63, 3.8) is 0 Å². The summed E-state index contributed by atoms with van der Waals surface area (Å²) < 4.78 is 13.8. The van der Waals surface area contributed by atoms with Gasteiger partial charge < -0.3 is 10.8 Å². The smallest absolute Gasteiger partial charge is 0.323 e. The zero-order valence-electron chi connectivity index (χ0n) is 11.6. The number of primary amides is 1. The number of amides is 1. The molecular weight excluding hydrogens is 263 g/mol. The summed E-state index contributed by atoms with van der Waals surface area (Å²) in [6.07, 6.45) is 1.13. The molecule has 0 heterocycles. The van der Waals surface area contributed by atoms with Crippen LogP contribution >= 0.6 is 0 Å². The number of benzene rings is 1. The van der Waals surface area contributed by atoms with Gasteiger partial charge in [0.2, 0.25) is 5.91 Å². The van der Waals surface area contributed by atoms with Gasteiger partial charge in [0.05, 0.1) is 0 Å². The van der Waals surface area contributed by atoms with E-state index >= 15 is 0 Å². The van der Waals surface area contributed by atoms with E-state index in [9.17, 15) is 19.1 Å². The van der Waals surface area contributed by atoms with Gasteiger partial charge in [-0.3, -0.25) is 14.9 Å². The zero-order chi connectivity index (χ0) is 15.3. The van der Waals surface area contributed by atoms with Gasteiger partial charge in [-0.1, -0.05) is 19.4 Å². The summed E-state index contributed by atoms with van der Waals surface area (Å²) >= 11 is 0. The fraction of sp³-hybridized carbons (Fsp3) is 0.429. The number of aliphatic carboxylic acids is 1. The Morgan fingerprint density at radius 1 is 1.45 bits per heavy atom. The minimum Gasteiger partial charge on any atom is -0.480 e. The Kier molecular flexibility index (Phi) is 5.21. The first kappa shape index (κ1) is 16.1. The fourth-order valence-electron chi connectivity index (χ4n) is 1.91. The van der Waals surface area contributed by atoms with Crippen LogP contribution in [0.4, 0.5) is 4.39 Å². The van der Waals surface area contributed by atoms with Gasteiger partial charge in [-0.2, -0.15) is 0 Å². The first-order valence-corrected chi connectivity index (χ1v) is 6.37. The number of nitrogens with one attached hydrogen (secondary N) is 1. The van der Waals surface area contributed by atoms with Gasteiger partial charge in [0.25, 0.3) is 0 Å². The van der Waals surface area contributed by atoms with Crippen LogP contribution in [0.2, 0.25) is 0 Å². The molecule has 0 aliphatic rings. The first-order chi connectivity index (χ1) is 9.30. The summed E-state index contributed by atoms with van der Waals surface area (Å²) in [6, 6.07) is 3.90. The molecule has 1 rings (SSSR count). The second kappa shape index (κ2) is 6.47. The van der Waals surface area contributed by atoms with Crippen molar-refractivity contribution in [1.82, 2.24) is 5.32 Å². The molecule has 0 saturated carbocycles. The lowest BCUT2D eigenvalue weighted by atomic mass is 9.96.